The molecule has 3 heterocycles. The molecule has 1 amide bonds. The highest BCUT2D eigenvalue weighted by Crippen LogP contribution is 2.41. The Morgan fingerprint density at radius 2 is 1.66 bits per heavy atom. The zero-order valence-corrected chi connectivity index (χ0v) is 20.1. The summed E-state index contributed by atoms with van der Waals surface area (Å²) in [6.07, 6.45) is 2.29. The molecule has 1 aliphatic heterocycles. The zero-order valence-electron chi connectivity index (χ0n) is 19.3. The van der Waals surface area contributed by atoms with E-state index in [2.05, 4.69) is 15.5 Å². The predicted octanol–water partition coefficient (Wildman–Crippen LogP) is 3.13. The number of hydrogen-bond donors (Lipinski definition) is 1. The number of nitrogens with zero attached hydrogens (tertiary/aromatic N) is 5. The summed E-state index contributed by atoms with van der Waals surface area (Å²) in [5.41, 5.74) is 2.30. The Morgan fingerprint density at radius 3 is 2.34 bits per heavy atom. The minimum Gasteiger partial charge on any atom is -0.335 e. The lowest BCUT2D eigenvalue weighted by atomic mass is 10.1. The van der Waals surface area contributed by atoms with E-state index in [1.54, 1.807) is 20.5 Å². The molecule has 0 unspecified atom stereocenters. The van der Waals surface area contributed by atoms with Crippen molar-refractivity contribution in [3.63, 3.8) is 0 Å². The number of carbonyl (C=O) groups is 1. The molecule has 2 aromatic carbocycles. The first-order valence-corrected chi connectivity index (χ1v) is 12.8. The maximum atomic E-state index is 14.0. The van der Waals surface area contributed by atoms with Crippen LogP contribution in [0.15, 0.2) is 65.5 Å². The lowest BCUT2D eigenvalue weighted by molar-refractivity contribution is 0.0726. The van der Waals surface area contributed by atoms with Gasteiger partial charge in [0.2, 0.25) is 0 Å². The summed E-state index contributed by atoms with van der Waals surface area (Å²) in [6, 6.07) is 19.2. The van der Waals surface area contributed by atoms with E-state index < -0.39 is 0 Å². The normalized spacial score (nSPS) is 15.9. The molecule has 0 radical (unpaired) electrons. The zero-order chi connectivity index (χ0) is 23.8. The number of hydrogen-bond acceptors (Lipinski definition) is 6. The van der Waals surface area contributed by atoms with Crippen LogP contribution < -0.4 is 11.0 Å². The third-order valence-electron chi connectivity index (χ3n) is 6.51. The first-order chi connectivity index (χ1) is 17.2. The van der Waals surface area contributed by atoms with Crippen LogP contribution in [0.5, 0.6) is 0 Å². The summed E-state index contributed by atoms with van der Waals surface area (Å²) in [6.45, 7) is 2.88. The number of rotatable bonds is 6. The van der Waals surface area contributed by atoms with E-state index in [1.165, 1.54) is 0 Å². The molecule has 1 saturated heterocycles. The Kier molecular flexibility index (Phi) is 5.79. The Hall–Kier alpha value is -3.56. The van der Waals surface area contributed by atoms with E-state index in [9.17, 15) is 9.59 Å². The Bertz CT molecular complexity index is 1400. The number of amides is 1. The van der Waals surface area contributed by atoms with Gasteiger partial charge in [0.05, 0.1) is 17.9 Å². The molecule has 1 N–H and O–H groups in total. The van der Waals surface area contributed by atoms with E-state index in [-0.39, 0.29) is 18.1 Å². The van der Waals surface area contributed by atoms with Gasteiger partial charge in [-0.3, -0.25) is 13.9 Å². The Labute approximate surface area is 206 Å². The van der Waals surface area contributed by atoms with Gasteiger partial charge in [-0.2, -0.15) is 0 Å². The number of aromatic nitrogens is 4. The lowest BCUT2D eigenvalue weighted by Gasteiger charge is -2.28. The molecule has 35 heavy (non-hydrogen) atoms. The number of imidazole rings is 1. The van der Waals surface area contributed by atoms with Crippen molar-refractivity contribution in [1.82, 2.24) is 29.5 Å². The Balaban J connectivity index is 1.56. The van der Waals surface area contributed by atoms with E-state index in [0.29, 0.717) is 30.4 Å². The van der Waals surface area contributed by atoms with Gasteiger partial charge in [-0.05, 0) is 25.0 Å². The molecule has 1 aliphatic carbocycles. The number of para-hydroxylation sites is 1. The first kappa shape index (κ1) is 21.9. The topological polar surface area (TPSA) is 85.0 Å². The number of nitrogens with one attached hydrogen (secondary N) is 1. The minimum absolute atomic E-state index is 0.135. The second kappa shape index (κ2) is 9.24. The van der Waals surface area contributed by atoms with Crippen molar-refractivity contribution in [2.75, 3.05) is 26.2 Å². The van der Waals surface area contributed by atoms with E-state index >= 15 is 0 Å². The highest BCUT2D eigenvalue weighted by Gasteiger charge is 2.32. The fourth-order valence-electron chi connectivity index (χ4n) is 4.57. The van der Waals surface area contributed by atoms with Gasteiger partial charge < -0.3 is 10.2 Å². The van der Waals surface area contributed by atoms with Crippen molar-refractivity contribution in [2.24, 2.45) is 0 Å². The van der Waals surface area contributed by atoms with E-state index in [0.717, 1.165) is 47.2 Å². The van der Waals surface area contributed by atoms with Crippen molar-refractivity contribution in [3.05, 3.63) is 86.9 Å². The van der Waals surface area contributed by atoms with Crippen LogP contribution in [0.1, 0.15) is 39.3 Å². The van der Waals surface area contributed by atoms with Crippen LogP contribution in [0.3, 0.4) is 0 Å². The van der Waals surface area contributed by atoms with E-state index in [1.807, 2.05) is 65.6 Å². The summed E-state index contributed by atoms with van der Waals surface area (Å²) >= 11 is 1.54. The van der Waals surface area contributed by atoms with Crippen LogP contribution in [-0.2, 0) is 6.54 Å². The van der Waals surface area contributed by atoms with Crippen molar-refractivity contribution >= 4 is 17.2 Å². The maximum absolute atomic E-state index is 14.0. The van der Waals surface area contributed by atoms with Crippen LogP contribution >= 0.6 is 11.3 Å². The molecule has 8 nitrogen and oxygen atoms in total. The number of piperazine rings is 1. The van der Waals surface area contributed by atoms with Gasteiger partial charge >= 0.3 is 5.69 Å². The molecule has 2 fully saturated rings. The van der Waals surface area contributed by atoms with Crippen LogP contribution in [-0.4, -0.2) is 56.3 Å². The van der Waals surface area contributed by atoms with E-state index in [4.69, 9.17) is 0 Å². The van der Waals surface area contributed by atoms with Crippen molar-refractivity contribution in [2.45, 2.75) is 25.3 Å². The maximum Gasteiger partial charge on any atom is 0.334 e. The van der Waals surface area contributed by atoms with Crippen LogP contribution in [0.4, 0.5) is 0 Å². The average molecular weight is 487 g/mol. The summed E-state index contributed by atoms with van der Waals surface area (Å²) < 4.78 is 3.25. The predicted molar refractivity (Wildman–Crippen MR) is 135 cm³/mol. The van der Waals surface area contributed by atoms with Crippen molar-refractivity contribution in [1.29, 1.82) is 0 Å². The minimum atomic E-state index is -0.253. The van der Waals surface area contributed by atoms with Gasteiger partial charge in [-0.1, -0.05) is 59.9 Å². The van der Waals surface area contributed by atoms with Crippen molar-refractivity contribution in [3.8, 4) is 16.9 Å². The molecule has 0 bridgehead atoms. The molecular formula is C26H26N6O2S. The molecule has 4 aromatic rings. The quantitative estimate of drug-likeness (QED) is 0.453. The molecule has 9 heteroatoms. The number of carbonyl (C=O) groups excluding carboxylic acids is 1. The van der Waals surface area contributed by atoms with Gasteiger partial charge in [-0.15, -0.1) is 10.2 Å². The van der Waals surface area contributed by atoms with Gasteiger partial charge in [0.15, 0.2) is 0 Å². The Morgan fingerprint density at radius 1 is 0.971 bits per heavy atom. The van der Waals surface area contributed by atoms with Crippen LogP contribution in [0.2, 0.25) is 0 Å². The molecule has 178 valence electrons. The molecule has 2 aliphatic rings. The average Bonchev–Trinajstić information content (AvgIpc) is 3.59. The third kappa shape index (κ3) is 4.21. The SMILES string of the molecule is O=C(c1c(-c2ccccc2)n(-c2ccccc2)c(=O)n1Cc1nnc(C2CC2)s1)N1CCNCC1. The highest BCUT2D eigenvalue weighted by atomic mass is 32.1. The van der Waals surface area contributed by atoms with Gasteiger partial charge in [0.25, 0.3) is 5.91 Å². The van der Waals surface area contributed by atoms with Gasteiger partial charge in [0, 0.05) is 37.7 Å². The first-order valence-electron chi connectivity index (χ1n) is 12.0. The fourth-order valence-corrected chi connectivity index (χ4v) is 5.57. The molecule has 1 saturated carbocycles. The second-order valence-electron chi connectivity index (χ2n) is 8.95. The molecule has 2 aromatic heterocycles. The molecule has 0 spiro atoms. The second-order valence-corrected chi connectivity index (χ2v) is 10.0. The van der Waals surface area contributed by atoms with Gasteiger partial charge in [-0.25, -0.2) is 4.79 Å². The summed E-state index contributed by atoms with van der Waals surface area (Å²) in [7, 11) is 0. The largest absolute Gasteiger partial charge is 0.335 e. The van der Waals surface area contributed by atoms with Crippen molar-refractivity contribution < 1.29 is 4.79 Å². The monoisotopic (exact) mass is 486 g/mol. The summed E-state index contributed by atoms with van der Waals surface area (Å²) in [5.74, 6) is 0.359. The summed E-state index contributed by atoms with van der Waals surface area (Å²) in [4.78, 5) is 29.9. The third-order valence-corrected chi connectivity index (χ3v) is 7.58. The fraction of sp³-hybridized carbons (Fsp3) is 0.308. The number of benzene rings is 2. The standard InChI is InChI=1S/C26H26N6O2S/c33-25(30-15-13-27-14-16-30)23-22(18-7-3-1-4-8-18)32(20-9-5-2-6-10-20)26(34)31(23)17-21-28-29-24(35-21)19-11-12-19/h1-10,19,27H,11-17H2. The van der Waals surface area contributed by atoms with Crippen LogP contribution in [0, 0.1) is 0 Å². The van der Waals surface area contributed by atoms with Gasteiger partial charge in [0.1, 0.15) is 15.7 Å². The summed E-state index contributed by atoms with van der Waals surface area (Å²) in [5, 5.41) is 13.8. The smallest absolute Gasteiger partial charge is 0.334 e. The lowest BCUT2D eigenvalue weighted by Crippen LogP contribution is -2.47. The molecular weight excluding hydrogens is 460 g/mol. The molecule has 0 atom stereocenters. The highest BCUT2D eigenvalue weighted by molar-refractivity contribution is 7.11. The molecule has 6 rings (SSSR count). The van der Waals surface area contributed by atoms with Crippen LogP contribution in [0.25, 0.3) is 16.9 Å².